The summed E-state index contributed by atoms with van der Waals surface area (Å²) in [5.41, 5.74) is 0.859. The van der Waals surface area contributed by atoms with Crippen molar-refractivity contribution < 1.29 is 9.72 Å². The van der Waals surface area contributed by atoms with E-state index in [-0.39, 0.29) is 23.0 Å². The molecule has 3 rings (SSSR count). The van der Waals surface area contributed by atoms with E-state index >= 15 is 0 Å². The quantitative estimate of drug-likeness (QED) is 0.401. The lowest BCUT2D eigenvalue weighted by molar-refractivity contribution is -0.384. The number of benzene rings is 1. The van der Waals surface area contributed by atoms with Crippen molar-refractivity contribution in [3.05, 3.63) is 33.9 Å². The topological polar surface area (TPSA) is 110 Å². The molecule has 1 aliphatic carbocycles. The monoisotopic (exact) mass is 407 g/mol. The number of aryl methyl sites for hydroxylation is 1. The smallest absolute Gasteiger partial charge is 0.293 e. The lowest BCUT2D eigenvalue weighted by atomic mass is 9.96. The van der Waals surface area contributed by atoms with Gasteiger partial charge in [-0.05, 0) is 31.4 Å². The zero-order valence-corrected chi connectivity index (χ0v) is 16.6. The van der Waals surface area contributed by atoms with Crippen LogP contribution in [0.15, 0.2) is 22.5 Å². The van der Waals surface area contributed by atoms with E-state index in [0.717, 1.165) is 23.5 Å². The van der Waals surface area contributed by atoms with Crippen LogP contribution in [-0.4, -0.2) is 32.8 Å². The second-order valence-electron chi connectivity index (χ2n) is 6.47. The van der Waals surface area contributed by atoms with Crippen molar-refractivity contribution >= 4 is 45.5 Å². The number of carbonyl (C=O) groups excluding carboxylic acids is 1. The molecular weight excluding hydrogens is 386 g/mol. The highest BCUT2D eigenvalue weighted by Crippen LogP contribution is 2.29. The molecule has 8 nitrogen and oxygen atoms in total. The van der Waals surface area contributed by atoms with Gasteiger partial charge < -0.3 is 10.6 Å². The lowest BCUT2D eigenvalue weighted by Crippen LogP contribution is -2.21. The van der Waals surface area contributed by atoms with Gasteiger partial charge in [-0.1, -0.05) is 48.4 Å². The van der Waals surface area contributed by atoms with Crippen LogP contribution in [-0.2, 0) is 4.79 Å². The van der Waals surface area contributed by atoms with Gasteiger partial charge in [-0.25, -0.2) is 0 Å². The molecule has 0 spiro atoms. The van der Waals surface area contributed by atoms with Crippen LogP contribution in [0.4, 0.5) is 16.5 Å². The Morgan fingerprint density at radius 2 is 2.11 bits per heavy atom. The van der Waals surface area contributed by atoms with E-state index in [1.807, 2.05) is 0 Å². The Balaban J connectivity index is 1.52. The van der Waals surface area contributed by atoms with Crippen molar-refractivity contribution in [1.29, 1.82) is 0 Å². The molecule has 0 radical (unpaired) electrons. The highest BCUT2D eigenvalue weighted by molar-refractivity contribution is 8.01. The molecule has 1 heterocycles. The van der Waals surface area contributed by atoms with E-state index in [9.17, 15) is 14.9 Å². The third-order valence-electron chi connectivity index (χ3n) is 4.29. The van der Waals surface area contributed by atoms with Crippen LogP contribution in [0.1, 0.15) is 37.7 Å². The van der Waals surface area contributed by atoms with E-state index in [0.29, 0.717) is 10.4 Å². The average Bonchev–Trinajstić information content (AvgIpc) is 3.09. The lowest BCUT2D eigenvalue weighted by Gasteiger charge is -2.21. The zero-order chi connectivity index (χ0) is 19.2. The van der Waals surface area contributed by atoms with Gasteiger partial charge in [0, 0.05) is 12.1 Å². The fourth-order valence-electron chi connectivity index (χ4n) is 2.96. The molecule has 27 heavy (non-hydrogen) atoms. The number of nitro benzene ring substituents is 1. The van der Waals surface area contributed by atoms with Crippen LogP contribution < -0.4 is 10.6 Å². The summed E-state index contributed by atoms with van der Waals surface area (Å²) in [6.45, 7) is 1.77. The van der Waals surface area contributed by atoms with Crippen LogP contribution in [0, 0.1) is 17.0 Å². The highest BCUT2D eigenvalue weighted by atomic mass is 32.2. The minimum absolute atomic E-state index is 0.108. The Morgan fingerprint density at radius 1 is 1.33 bits per heavy atom. The molecule has 1 aromatic carbocycles. The Hall–Kier alpha value is -2.20. The summed E-state index contributed by atoms with van der Waals surface area (Å²) in [4.78, 5) is 22.8. The molecule has 144 valence electrons. The standard InChI is InChI=1S/C17H21N5O3S2/c1-11-7-8-13(14(9-11)22(24)25)19-15(23)10-26-17-21-20-16(27-17)18-12-5-3-2-4-6-12/h7-9,12H,2-6,10H2,1H3,(H,18,20)(H,19,23). The average molecular weight is 408 g/mol. The normalized spacial score (nSPS) is 14.7. The van der Waals surface area contributed by atoms with Crippen LogP contribution in [0.2, 0.25) is 0 Å². The number of hydrogen-bond donors (Lipinski definition) is 2. The molecular formula is C17H21N5O3S2. The van der Waals surface area contributed by atoms with Gasteiger partial charge in [0.1, 0.15) is 5.69 Å². The minimum atomic E-state index is -0.496. The first-order valence-electron chi connectivity index (χ1n) is 8.79. The number of anilines is 2. The molecule has 0 saturated heterocycles. The maximum atomic E-state index is 12.2. The number of carbonyl (C=O) groups is 1. The third kappa shape index (κ3) is 5.64. The van der Waals surface area contributed by atoms with Crippen molar-refractivity contribution in [3.8, 4) is 0 Å². The number of rotatable bonds is 7. The number of amides is 1. The molecule has 0 bridgehead atoms. The summed E-state index contributed by atoms with van der Waals surface area (Å²) in [6.07, 6.45) is 6.08. The van der Waals surface area contributed by atoms with Gasteiger partial charge in [0.15, 0.2) is 4.34 Å². The fourth-order valence-corrected chi connectivity index (χ4v) is 4.59. The molecule has 1 saturated carbocycles. The van der Waals surface area contributed by atoms with Gasteiger partial charge in [0.25, 0.3) is 5.69 Å². The van der Waals surface area contributed by atoms with Gasteiger partial charge in [0.2, 0.25) is 11.0 Å². The first-order valence-corrected chi connectivity index (χ1v) is 10.6. The van der Waals surface area contributed by atoms with Crippen molar-refractivity contribution in [2.45, 2.75) is 49.4 Å². The predicted molar refractivity (Wildman–Crippen MR) is 108 cm³/mol. The number of thioether (sulfide) groups is 1. The van der Waals surface area contributed by atoms with Crippen molar-refractivity contribution in [2.75, 3.05) is 16.4 Å². The fraction of sp³-hybridized carbons (Fsp3) is 0.471. The molecule has 1 aliphatic rings. The Morgan fingerprint density at radius 3 is 2.85 bits per heavy atom. The van der Waals surface area contributed by atoms with Crippen LogP contribution in [0.25, 0.3) is 0 Å². The van der Waals surface area contributed by atoms with Gasteiger partial charge in [0.05, 0.1) is 10.7 Å². The molecule has 0 atom stereocenters. The molecule has 1 aromatic heterocycles. The number of aromatic nitrogens is 2. The first-order chi connectivity index (χ1) is 13.0. The van der Waals surface area contributed by atoms with E-state index in [1.165, 1.54) is 48.4 Å². The number of nitro groups is 1. The van der Waals surface area contributed by atoms with Crippen LogP contribution >= 0.6 is 23.1 Å². The second kappa shape index (κ2) is 9.14. The molecule has 2 N–H and O–H groups in total. The maximum absolute atomic E-state index is 12.2. The number of nitrogens with one attached hydrogen (secondary N) is 2. The summed E-state index contributed by atoms with van der Waals surface area (Å²) in [5, 5.41) is 26.1. The van der Waals surface area contributed by atoms with E-state index in [2.05, 4.69) is 20.8 Å². The van der Waals surface area contributed by atoms with E-state index in [1.54, 1.807) is 19.1 Å². The molecule has 10 heteroatoms. The van der Waals surface area contributed by atoms with Crippen LogP contribution in [0.3, 0.4) is 0 Å². The molecule has 1 amide bonds. The zero-order valence-electron chi connectivity index (χ0n) is 14.9. The second-order valence-corrected chi connectivity index (χ2v) is 8.67. The number of hydrogen-bond acceptors (Lipinski definition) is 8. The molecule has 0 unspecified atom stereocenters. The first kappa shape index (κ1) is 19.6. The van der Waals surface area contributed by atoms with E-state index in [4.69, 9.17) is 0 Å². The van der Waals surface area contributed by atoms with E-state index < -0.39 is 4.92 Å². The molecule has 1 fully saturated rings. The van der Waals surface area contributed by atoms with Gasteiger partial charge in [-0.3, -0.25) is 14.9 Å². The summed E-state index contributed by atoms with van der Waals surface area (Å²) in [6, 6.07) is 5.17. The summed E-state index contributed by atoms with van der Waals surface area (Å²) in [5.74, 6) is -0.202. The van der Waals surface area contributed by atoms with Crippen molar-refractivity contribution in [2.24, 2.45) is 0 Å². The Labute approximate surface area is 165 Å². The summed E-state index contributed by atoms with van der Waals surface area (Å²) < 4.78 is 0.696. The molecule has 2 aromatic rings. The predicted octanol–water partition coefficient (Wildman–Crippen LogP) is 4.23. The van der Waals surface area contributed by atoms with Crippen molar-refractivity contribution in [1.82, 2.24) is 10.2 Å². The third-order valence-corrected chi connectivity index (χ3v) is 6.28. The maximum Gasteiger partial charge on any atom is 0.293 e. The summed E-state index contributed by atoms with van der Waals surface area (Å²) in [7, 11) is 0. The van der Waals surface area contributed by atoms with Gasteiger partial charge in [-0.15, -0.1) is 10.2 Å². The van der Waals surface area contributed by atoms with Gasteiger partial charge in [-0.2, -0.15) is 0 Å². The minimum Gasteiger partial charge on any atom is -0.357 e. The van der Waals surface area contributed by atoms with Crippen molar-refractivity contribution in [3.63, 3.8) is 0 Å². The van der Waals surface area contributed by atoms with Gasteiger partial charge >= 0.3 is 0 Å². The largest absolute Gasteiger partial charge is 0.357 e. The highest BCUT2D eigenvalue weighted by Gasteiger charge is 2.18. The molecule has 0 aliphatic heterocycles. The summed E-state index contributed by atoms with van der Waals surface area (Å²) >= 11 is 2.70. The Bertz CT molecular complexity index is 821. The number of nitrogens with zero attached hydrogens (tertiary/aromatic N) is 3. The SMILES string of the molecule is Cc1ccc(NC(=O)CSc2nnc(NC3CCCCC3)s2)c([N+](=O)[O-])c1. The van der Waals surface area contributed by atoms with Crippen LogP contribution in [0.5, 0.6) is 0 Å². The Kier molecular flexibility index (Phi) is 6.62.